The van der Waals surface area contributed by atoms with E-state index < -0.39 is 0 Å². The van der Waals surface area contributed by atoms with Gasteiger partial charge in [-0.25, -0.2) is 13.8 Å². The predicted molar refractivity (Wildman–Crippen MR) is 145 cm³/mol. The van der Waals surface area contributed by atoms with Gasteiger partial charge in [0.15, 0.2) is 5.65 Å². The third kappa shape index (κ3) is 4.80. The number of hydrogen-bond acceptors (Lipinski definition) is 5. The van der Waals surface area contributed by atoms with Gasteiger partial charge < -0.3 is 5.73 Å². The quantitative estimate of drug-likeness (QED) is 0.309. The summed E-state index contributed by atoms with van der Waals surface area (Å²) in [6, 6.07) is 16.6. The van der Waals surface area contributed by atoms with Gasteiger partial charge in [0.2, 0.25) is 0 Å². The SMILES string of the molecule is NC1CCCCN1CCn1cc2c(-c3ccc(F)cc3)c(-c3ccncc3)c(-c3ccc(F)cc3)nc2n1. The van der Waals surface area contributed by atoms with Crippen molar-refractivity contribution >= 4 is 11.0 Å². The highest BCUT2D eigenvalue weighted by molar-refractivity contribution is 6.05. The van der Waals surface area contributed by atoms with Crippen LogP contribution in [-0.2, 0) is 6.54 Å². The molecular weight excluding hydrogens is 482 g/mol. The molecular formula is C30H28F2N6. The first-order valence-electron chi connectivity index (χ1n) is 12.9. The second-order valence-corrected chi connectivity index (χ2v) is 9.69. The Morgan fingerprint density at radius 3 is 2.13 bits per heavy atom. The number of pyridine rings is 2. The zero-order chi connectivity index (χ0) is 26.1. The number of hydrogen-bond donors (Lipinski definition) is 1. The maximum atomic E-state index is 13.9. The molecule has 1 saturated heterocycles. The third-order valence-electron chi connectivity index (χ3n) is 7.22. The van der Waals surface area contributed by atoms with Crippen molar-refractivity contribution < 1.29 is 8.78 Å². The molecule has 38 heavy (non-hydrogen) atoms. The lowest BCUT2D eigenvalue weighted by Gasteiger charge is -2.32. The van der Waals surface area contributed by atoms with E-state index in [-0.39, 0.29) is 17.8 Å². The van der Waals surface area contributed by atoms with E-state index in [2.05, 4.69) is 9.88 Å². The summed E-state index contributed by atoms with van der Waals surface area (Å²) in [7, 11) is 0. The van der Waals surface area contributed by atoms with Crippen LogP contribution in [0, 0.1) is 11.6 Å². The van der Waals surface area contributed by atoms with E-state index >= 15 is 0 Å². The van der Waals surface area contributed by atoms with Gasteiger partial charge >= 0.3 is 0 Å². The van der Waals surface area contributed by atoms with Crippen LogP contribution in [0.25, 0.3) is 44.5 Å². The molecule has 1 aliphatic heterocycles. The van der Waals surface area contributed by atoms with Gasteiger partial charge in [-0.05, 0) is 85.5 Å². The van der Waals surface area contributed by atoms with Crippen molar-refractivity contribution in [2.45, 2.75) is 32.0 Å². The van der Waals surface area contributed by atoms with Crippen LogP contribution in [0.3, 0.4) is 0 Å². The Bertz CT molecular complexity index is 1550. The third-order valence-corrected chi connectivity index (χ3v) is 7.22. The number of likely N-dealkylation sites (tertiary alicyclic amines) is 1. The van der Waals surface area contributed by atoms with Crippen LogP contribution in [0.4, 0.5) is 8.78 Å². The van der Waals surface area contributed by atoms with Gasteiger partial charge in [-0.15, -0.1) is 0 Å². The van der Waals surface area contributed by atoms with Crippen molar-refractivity contribution in [2.24, 2.45) is 5.73 Å². The number of nitrogens with two attached hydrogens (primary N) is 1. The highest BCUT2D eigenvalue weighted by Gasteiger charge is 2.23. The predicted octanol–water partition coefficient (Wildman–Crippen LogP) is 5.88. The van der Waals surface area contributed by atoms with Gasteiger partial charge in [0.05, 0.1) is 18.4 Å². The molecule has 2 N–H and O–H groups in total. The summed E-state index contributed by atoms with van der Waals surface area (Å²) in [6.45, 7) is 2.45. The Kier molecular flexibility index (Phi) is 6.66. The van der Waals surface area contributed by atoms with Crippen LogP contribution in [0.1, 0.15) is 19.3 Å². The Morgan fingerprint density at radius 2 is 1.45 bits per heavy atom. The van der Waals surface area contributed by atoms with E-state index in [0.717, 1.165) is 65.6 Å². The van der Waals surface area contributed by atoms with Crippen LogP contribution in [0.15, 0.2) is 79.3 Å². The molecule has 1 fully saturated rings. The Morgan fingerprint density at radius 1 is 0.789 bits per heavy atom. The van der Waals surface area contributed by atoms with Crippen molar-refractivity contribution in [1.82, 2.24) is 24.6 Å². The summed E-state index contributed by atoms with van der Waals surface area (Å²) in [5, 5.41) is 5.70. The Hall–Kier alpha value is -4.01. The molecule has 5 aromatic rings. The molecule has 6 rings (SSSR count). The zero-order valence-corrected chi connectivity index (χ0v) is 20.9. The number of piperidine rings is 1. The Labute approximate surface area is 219 Å². The minimum atomic E-state index is -0.320. The molecule has 0 amide bonds. The van der Waals surface area contributed by atoms with Crippen molar-refractivity contribution in [3.8, 4) is 33.5 Å². The molecule has 1 atom stereocenters. The minimum Gasteiger partial charge on any atom is -0.316 e. The summed E-state index contributed by atoms with van der Waals surface area (Å²) < 4.78 is 29.7. The zero-order valence-electron chi connectivity index (χ0n) is 20.9. The molecule has 0 aliphatic carbocycles. The van der Waals surface area contributed by atoms with Gasteiger partial charge in [-0.1, -0.05) is 12.1 Å². The molecule has 0 radical (unpaired) electrons. The summed E-state index contributed by atoms with van der Waals surface area (Å²) in [6.07, 6.45) is 8.87. The Balaban J connectivity index is 1.55. The van der Waals surface area contributed by atoms with Crippen molar-refractivity contribution in [2.75, 3.05) is 13.1 Å². The van der Waals surface area contributed by atoms with Gasteiger partial charge in [0.1, 0.15) is 11.6 Å². The molecule has 192 valence electrons. The first-order chi connectivity index (χ1) is 18.6. The van der Waals surface area contributed by atoms with Gasteiger partial charge in [-0.3, -0.25) is 14.6 Å². The molecule has 0 spiro atoms. The van der Waals surface area contributed by atoms with Crippen LogP contribution in [0.2, 0.25) is 0 Å². The molecule has 8 heteroatoms. The van der Waals surface area contributed by atoms with E-state index in [1.807, 2.05) is 23.0 Å². The molecule has 0 bridgehead atoms. The highest BCUT2D eigenvalue weighted by atomic mass is 19.1. The van der Waals surface area contributed by atoms with E-state index in [4.69, 9.17) is 15.8 Å². The second kappa shape index (κ2) is 10.4. The number of halogens is 2. The molecule has 0 saturated carbocycles. The van der Waals surface area contributed by atoms with E-state index in [1.54, 1.807) is 36.7 Å². The van der Waals surface area contributed by atoms with Crippen molar-refractivity contribution in [3.05, 3.63) is 90.9 Å². The van der Waals surface area contributed by atoms with Crippen molar-refractivity contribution in [1.29, 1.82) is 0 Å². The highest BCUT2D eigenvalue weighted by Crippen LogP contribution is 2.43. The number of rotatable bonds is 6. The average Bonchev–Trinajstić information content (AvgIpc) is 3.36. The molecule has 3 aromatic heterocycles. The minimum absolute atomic E-state index is 0.0741. The van der Waals surface area contributed by atoms with Crippen LogP contribution in [0.5, 0.6) is 0 Å². The monoisotopic (exact) mass is 510 g/mol. The van der Waals surface area contributed by atoms with Gasteiger partial charge in [0, 0.05) is 47.2 Å². The molecule has 1 unspecified atom stereocenters. The van der Waals surface area contributed by atoms with E-state index in [1.165, 1.54) is 24.3 Å². The van der Waals surface area contributed by atoms with Crippen LogP contribution >= 0.6 is 0 Å². The standard InChI is InChI=1S/C30H28F2N6/c31-23-8-4-20(5-9-23)27-25-19-38(18-17-37-16-2-1-3-26(37)33)36-30(25)35-29(22-6-10-24(32)11-7-22)28(27)21-12-14-34-15-13-21/h4-15,19,26H,1-3,16-18,33H2. The number of aromatic nitrogens is 4. The lowest BCUT2D eigenvalue weighted by atomic mass is 9.90. The van der Waals surface area contributed by atoms with Crippen LogP contribution in [-0.4, -0.2) is 43.9 Å². The van der Waals surface area contributed by atoms with Crippen LogP contribution < -0.4 is 5.73 Å². The second-order valence-electron chi connectivity index (χ2n) is 9.69. The fraction of sp³-hybridized carbons (Fsp3) is 0.233. The first-order valence-corrected chi connectivity index (χ1v) is 12.9. The molecule has 6 nitrogen and oxygen atoms in total. The summed E-state index contributed by atoms with van der Waals surface area (Å²) >= 11 is 0. The smallest absolute Gasteiger partial charge is 0.182 e. The van der Waals surface area contributed by atoms with Gasteiger partial charge in [-0.2, -0.15) is 5.10 Å². The number of fused-ring (bicyclic) bond motifs is 1. The summed E-state index contributed by atoms with van der Waals surface area (Å²) in [4.78, 5) is 11.5. The maximum Gasteiger partial charge on any atom is 0.182 e. The fourth-order valence-corrected chi connectivity index (χ4v) is 5.26. The maximum absolute atomic E-state index is 13.9. The molecule has 2 aromatic carbocycles. The normalized spacial score (nSPS) is 16.2. The lowest BCUT2D eigenvalue weighted by molar-refractivity contribution is 0.145. The summed E-state index contributed by atoms with van der Waals surface area (Å²) in [5.41, 5.74) is 11.8. The lowest BCUT2D eigenvalue weighted by Crippen LogP contribution is -2.46. The number of nitrogens with zero attached hydrogens (tertiary/aromatic N) is 5. The van der Waals surface area contributed by atoms with Gasteiger partial charge in [0.25, 0.3) is 0 Å². The topological polar surface area (TPSA) is 72.9 Å². The van der Waals surface area contributed by atoms with E-state index in [0.29, 0.717) is 17.9 Å². The molecule has 1 aliphatic rings. The first kappa shape index (κ1) is 24.3. The van der Waals surface area contributed by atoms with E-state index in [9.17, 15) is 8.78 Å². The number of benzene rings is 2. The van der Waals surface area contributed by atoms with Crippen molar-refractivity contribution in [3.63, 3.8) is 0 Å². The largest absolute Gasteiger partial charge is 0.316 e. The fourth-order valence-electron chi connectivity index (χ4n) is 5.26. The summed E-state index contributed by atoms with van der Waals surface area (Å²) in [5.74, 6) is -0.629. The average molecular weight is 511 g/mol. The molecule has 4 heterocycles.